The first-order valence-electron chi connectivity index (χ1n) is 7.24. The molecule has 2 N–H and O–H groups in total. The van der Waals surface area contributed by atoms with Gasteiger partial charge in [0.05, 0.1) is 5.56 Å². The van der Waals surface area contributed by atoms with Crippen molar-refractivity contribution < 1.29 is 40.5 Å². The van der Waals surface area contributed by atoms with Crippen LogP contribution in [0.15, 0.2) is 6.07 Å². The Bertz CT molecular complexity index is 833. The first-order chi connectivity index (χ1) is 11.6. The van der Waals surface area contributed by atoms with Crippen molar-refractivity contribution in [1.29, 1.82) is 0 Å². The molecule has 0 spiro atoms. The molecule has 26 heavy (non-hydrogen) atoms. The molecule has 1 rings (SSSR count). The third-order valence-corrected chi connectivity index (χ3v) is 4.18. The van der Waals surface area contributed by atoms with E-state index in [2.05, 4.69) is 10.1 Å². The van der Waals surface area contributed by atoms with E-state index < -0.39 is 40.0 Å². The number of carbonyl (C=O) groups excluding carboxylic acids is 2. The van der Waals surface area contributed by atoms with Crippen LogP contribution in [0.4, 0.5) is 18.9 Å². The van der Waals surface area contributed by atoms with Gasteiger partial charge in [-0.05, 0) is 37.5 Å². The second-order valence-electron chi connectivity index (χ2n) is 5.75. The highest BCUT2D eigenvalue weighted by atomic mass is 32.2. The average Bonchev–Trinajstić information content (AvgIpc) is 2.39. The van der Waals surface area contributed by atoms with Crippen LogP contribution >= 0.6 is 0 Å². The molecular formula is C15H18F3NO6S. The number of hydrogen-bond acceptors (Lipinski definition) is 5. The minimum atomic E-state index is -5.20. The maximum atomic E-state index is 12.9. The van der Waals surface area contributed by atoms with Gasteiger partial charge in [-0.1, -0.05) is 6.07 Å². The lowest BCUT2D eigenvalue weighted by Crippen LogP contribution is -2.39. The van der Waals surface area contributed by atoms with E-state index in [9.17, 15) is 31.2 Å². The highest BCUT2D eigenvalue weighted by Gasteiger charge is 2.45. The standard InChI is InChI=1S/C15H18F3NO6S/c1-7-5-8(2)13(19-10(4)20)9(3)12(7)14(21)25-11(15(16,17)18)6-26(22,23)24/h5,11H,6H2,1-4H3,(H,19,20)(H,22,23,24). The Balaban J connectivity index is 3.33. The molecule has 0 aromatic heterocycles. The molecule has 0 saturated carbocycles. The maximum Gasteiger partial charge on any atom is 0.426 e. The van der Waals surface area contributed by atoms with Crippen LogP contribution in [0.1, 0.15) is 34.0 Å². The summed E-state index contributed by atoms with van der Waals surface area (Å²) in [4.78, 5) is 23.5. The summed E-state index contributed by atoms with van der Waals surface area (Å²) in [6.07, 6.45) is -8.23. The van der Waals surface area contributed by atoms with Gasteiger partial charge in [0.15, 0.2) is 0 Å². The maximum absolute atomic E-state index is 12.9. The van der Waals surface area contributed by atoms with Crippen LogP contribution in [0.25, 0.3) is 0 Å². The van der Waals surface area contributed by atoms with Crippen LogP contribution in [0.5, 0.6) is 0 Å². The van der Waals surface area contributed by atoms with Crippen LogP contribution in [-0.4, -0.2) is 42.9 Å². The van der Waals surface area contributed by atoms with Gasteiger partial charge in [0.2, 0.25) is 12.0 Å². The quantitative estimate of drug-likeness (QED) is 0.584. The molecule has 1 aromatic rings. The van der Waals surface area contributed by atoms with Crippen molar-refractivity contribution in [2.24, 2.45) is 0 Å². The Labute approximate surface area is 148 Å². The Morgan fingerprint density at radius 2 is 1.77 bits per heavy atom. The van der Waals surface area contributed by atoms with E-state index >= 15 is 0 Å². The van der Waals surface area contributed by atoms with Crippen molar-refractivity contribution in [1.82, 2.24) is 0 Å². The predicted molar refractivity (Wildman–Crippen MR) is 86.6 cm³/mol. The molecule has 0 heterocycles. The zero-order valence-electron chi connectivity index (χ0n) is 14.4. The number of hydrogen-bond donors (Lipinski definition) is 2. The van der Waals surface area contributed by atoms with Crippen molar-refractivity contribution in [3.05, 3.63) is 28.3 Å². The van der Waals surface area contributed by atoms with Gasteiger partial charge in [-0.15, -0.1) is 0 Å². The topological polar surface area (TPSA) is 110 Å². The van der Waals surface area contributed by atoms with Gasteiger partial charge in [-0.25, -0.2) is 4.79 Å². The van der Waals surface area contributed by atoms with Gasteiger partial charge in [0.25, 0.3) is 10.1 Å². The van der Waals surface area contributed by atoms with Crippen LogP contribution in [0, 0.1) is 20.8 Å². The number of amides is 1. The summed E-state index contributed by atoms with van der Waals surface area (Å²) >= 11 is 0. The average molecular weight is 397 g/mol. The molecule has 7 nitrogen and oxygen atoms in total. The van der Waals surface area contributed by atoms with Gasteiger partial charge in [-0.3, -0.25) is 9.35 Å². The smallest absolute Gasteiger partial charge is 0.426 e. The molecule has 0 aliphatic carbocycles. The van der Waals surface area contributed by atoms with Crippen molar-refractivity contribution in [2.75, 3.05) is 11.1 Å². The predicted octanol–water partition coefficient (Wildman–Crippen LogP) is 2.55. The Morgan fingerprint density at radius 1 is 1.23 bits per heavy atom. The van der Waals surface area contributed by atoms with E-state index in [0.717, 1.165) is 0 Å². The minimum absolute atomic E-state index is 0.176. The molecular weight excluding hydrogens is 379 g/mol. The van der Waals surface area contributed by atoms with E-state index in [-0.39, 0.29) is 22.4 Å². The Hall–Kier alpha value is -2.14. The van der Waals surface area contributed by atoms with E-state index in [4.69, 9.17) is 4.55 Å². The summed E-state index contributed by atoms with van der Waals surface area (Å²) < 4.78 is 73.3. The summed E-state index contributed by atoms with van der Waals surface area (Å²) in [7, 11) is -5.04. The summed E-state index contributed by atoms with van der Waals surface area (Å²) in [5, 5.41) is 2.48. The van der Waals surface area contributed by atoms with Crippen molar-refractivity contribution in [2.45, 2.75) is 40.0 Å². The molecule has 0 radical (unpaired) electrons. The molecule has 1 amide bonds. The number of halogens is 3. The third-order valence-electron chi connectivity index (χ3n) is 3.45. The second kappa shape index (κ2) is 7.62. The molecule has 11 heteroatoms. The number of alkyl halides is 3. The lowest BCUT2D eigenvalue weighted by molar-refractivity contribution is -0.197. The van der Waals surface area contributed by atoms with Gasteiger partial charge >= 0.3 is 12.1 Å². The minimum Gasteiger partial charge on any atom is -0.448 e. The molecule has 1 unspecified atom stereocenters. The van der Waals surface area contributed by atoms with Gasteiger partial charge < -0.3 is 10.1 Å². The molecule has 0 aliphatic heterocycles. The van der Waals surface area contributed by atoms with Gasteiger partial charge in [-0.2, -0.15) is 21.6 Å². The molecule has 1 aromatic carbocycles. The van der Waals surface area contributed by atoms with Crippen molar-refractivity contribution in [3.63, 3.8) is 0 Å². The molecule has 0 fully saturated rings. The largest absolute Gasteiger partial charge is 0.448 e. The number of carbonyl (C=O) groups is 2. The third kappa shape index (κ3) is 5.70. The summed E-state index contributed by atoms with van der Waals surface area (Å²) in [6, 6.07) is 1.47. The fraction of sp³-hybridized carbons (Fsp3) is 0.467. The van der Waals surface area contributed by atoms with Gasteiger partial charge in [0, 0.05) is 12.6 Å². The molecule has 0 bridgehead atoms. The monoisotopic (exact) mass is 397 g/mol. The van der Waals surface area contributed by atoms with E-state index in [1.54, 1.807) is 6.92 Å². The van der Waals surface area contributed by atoms with Crippen LogP contribution in [0.3, 0.4) is 0 Å². The van der Waals surface area contributed by atoms with E-state index in [1.165, 1.54) is 26.8 Å². The van der Waals surface area contributed by atoms with Crippen LogP contribution < -0.4 is 5.32 Å². The first-order valence-corrected chi connectivity index (χ1v) is 8.85. The molecule has 0 saturated heterocycles. The van der Waals surface area contributed by atoms with E-state index in [0.29, 0.717) is 5.56 Å². The number of anilines is 1. The SMILES string of the molecule is CC(=O)Nc1c(C)cc(C)c(C(=O)OC(CS(=O)(=O)O)C(F)(F)F)c1C. The van der Waals surface area contributed by atoms with Crippen molar-refractivity contribution >= 4 is 27.7 Å². The number of rotatable bonds is 5. The summed E-state index contributed by atoms with van der Waals surface area (Å²) in [5.41, 5.74) is 1.05. The summed E-state index contributed by atoms with van der Waals surface area (Å²) in [5.74, 6) is -3.68. The summed E-state index contributed by atoms with van der Waals surface area (Å²) in [6.45, 7) is 5.73. The number of ether oxygens (including phenoxy) is 1. The highest BCUT2D eigenvalue weighted by Crippen LogP contribution is 2.30. The van der Waals surface area contributed by atoms with Gasteiger partial charge in [0.1, 0.15) is 5.75 Å². The Kier molecular flexibility index (Phi) is 6.42. The van der Waals surface area contributed by atoms with Crippen molar-refractivity contribution in [3.8, 4) is 0 Å². The number of aryl methyl sites for hydroxylation is 2. The lowest BCUT2D eigenvalue weighted by Gasteiger charge is -2.22. The van der Waals surface area contributed by atoms with Crippen LogP contribution in [0.2, 0.25) is 0 Å². The fourth-order valence-corrected chi connectivity index (χ4v) is 3.08. The number of nitrogens with one attached hydrogen (secondary N) is 1. The number of esters is 1. The molecule has 146 valence electrons. The highest BCUT2D eigenvalue weighted by molar-refractivity contribution is 7.85. The molecule has 1 atom stereocenters. The zero-order valence-corrected chi connectivity index (χ0v) is 15.2. The fourth-order valence-electron chi connectivity index (χ4n) is 2.44. The second-order valence-corrected chi connectivity index (χ2v) is 7.25. The molecule has 0 aliphatic rings. The Morgan fingerprint density at radius 3 is 2.19 bits per heavy atom. The zero-order chi connectivity index (χ0) is 20.4. The number of benzene rings is 1. The van der Waals surface area contributed by atoms with Crippen LogP contribution in [-0.2, 0) is 19.6 Å². The first kappa shape index (κ1) is 21.9. The normalized spacial score (nSPS) is 13.2. The van der Waals surface area contributed by atoms with E-state index in [1.807, 2.05) is 0 Å². The lowest BCUT2D eigenvalue weighted by atomic mass is 9.97.